The van der Waals surface area contributed by atoms with Gasteiger partial charge in [0, 0.05) is 37.3 Å². The van der Waals surface area contributed by atoms with Crippen molar-refractivity contribution in [1.29, 1.82) is 0 Å². The van der Waals surface area contributed by atoms with Crippen molar-refractivity contribution >= 4 is 40.7 Å². The van der Waals surface area contributed by atoms with E-state index in [0.29, 0.717) is 37.3 Å². The second-order valence-corrected chi connectivity index (χ2v) is 12.5. The van der Waals surface area contributed by atoms with Crippen molar-refractivity contribution in [3.63, 3.8) is 0 Å². The molecule has 1 fully saturated rings. The first-order valence-electron chi connectivity index (χ1n) is 13.1. The zero-order valence-corrected chi connectivity index (χ0v) is 23.9. The maximum Gasteiger partial charge on any atom is 0.240 e. The van der Waals surface area contributed by atoms with Gasteiger partial charge >= 0.3 is 0 Å². The fraction of sp³-hybridized carbons (Fsp3) is 0.571. The fourth-order valence-corrected chi connectivity index (χ4v) is 6.80. The van der Waals surface area contributed by atoms with Crippen molar-refractivity contribution in [3.8, 4) is 0 Å². The minimum atomic E-state index is -1.31. The van der Waals surface area contributed by atoms with Crippen LogP contribution in [0.3, 0.4) is 0 Å². The third kappa shape index (κ3) is 5.01. The molecule has 4 rings (SSSR count). The SMILES string of the molecule is CCN(CCNC)C(=O)[C@@H]1N[C@H](CC(C)(C)C)[C@]2(C(=O)Nc3cc(Cl)c(F)cc32)[C@H]1C1C=CC(F)=C(Cl)C1. The molecular weight excluding hydrogens is 533 g/mol. The number of allylic oxidation sites excluding steroid dienone is 4. The van der Waals surface area contributed by atoms with Gasteiger partial charge in [0.05, 0.1) is 21.5 Å². The summed E-state index contributed by atoms with van der Waals surface area (Å²) in [5, 5.41) is 9.49. The molecule has 5 atom stereocenters. The normalized spacial score (nSPS) is 28.7. The highest BCUT2D eigenvalue weighted by molar-refractivity contribution is 6.31. The van der Waals surface area contributed by atoms with Gasteiger partial charge in [-0.05, 0) is 61.9 Å². The molecule has 1 saturated heterocycles. The summed E-state index contributed by atoms with van der Waals surface area (Å²) in [7, 11) is 1.82. The minimum Gasteiger partial charge on any atom is -0.340 e. The number of hydrogen-bond acceptors (Lipinski definition) is 4. The number of nitrogens with one attached hydrogen (secondary N) is 3. The molecule has 1 aliphatic carbocycles. The highest BCUT2D eigenvalue weighted by Crippen LogP contribution is 2.57. The van der Waals surface area contributed by atoms with Crippen molar-refractivity contribution in [2.45, 2.75) is 58.0 Å². The quantitative estimate of drug-likeness (QED) is 0.426. The van der Waals surface area contributed by atoms with Crippen LogP contribution in [-0.4, -0.2) is 55.5 Å². The molecule has 2 amide bonds. The first-order valence-corrected chi connectivity index (χ1v) is 13.8. The molecule has 1 aromatic carbocycles. The lowest BCUT2D eigenvalue weighted by molar-refractivity contribution is -0.134. The van der Waals surface area contributed by atoms with E-state index < -0.39 is 41.0 Å². The van der Waals surface area contributed by atoms with Gasteiger partial charge in [0.15, 0.2) is 0 Å². The van der Waals surface area contributed by atoms with E-state index in [0.717, 1.165) is 0 Å². The molecule has 6 nitrogen and oxygen atoms in total. The van der Waals surface area contributed by atoms with E-state index in [2.05, 4.69) is 36.7 Å². The Kier molecular flexibility index (Phi) is 8.30. The second-order valence-electron chi connectivity index (χ2n) is 11.6. The van der Waals surface area contributed by atoms with E-state index >= 15 is 0 Å². The zero-order valence-electron chi connectivity index (χ0n) is 22.4. The van der Waals surface area contributed by atoms with E-state index in [1.165, 1.54) is 18.2 Å². The predicted molar refractivity (Wildman–Crippen MR) is 147 cm³/mol. The zero-order chi connectivity index (χ0) is 28.0. The van der Waals surface area contributed by atoms with E-state index in [1.807, 2.05) is 14.0 Å². The molecule has 2 heterocycles. The monoisotopic (exact) mass is 568 g/mol. The van der Waals surface area contributed by atoms with Crippen molar-refractivity contribution in [2.75, 3.05) is 32.0 Å². The van der Waals surface area contributed by atoms with Crippen LogP contribution in [0, 0.1) is 23.1 Å². The van der Waals surface area contributed by atoms with E-state index in [9.17, 15) is 18.4 Å². The third-order valence-corrected chi connectivity index (χ3v) is 8.60. The summed E-state index contributed by atoms with van der Waals surface area (Å²) in [6.45, 7) is 9.65. The summed E-state index contributed by atoms with van der Waals surface area (Å²) in [5.74, 6) is -2.77. The van der Waals surface area contributed by atoms with Crippen LogP contribution in [0.25, 0.3) is 0 Å². The smallest absolute Gasteiger partial charge is 0.240 e. The summed E-state index contributed by atoms with van der Waals surface area (Å²) in [4.78, 5) is 30.0. The molecule has 3 aliphatic rings. The number of rotatable bonds is 7. The van der Waals surface area contributed by atoms with Crippen LogP contribution in [0.2, 0.25) is 5.02 Å². The maximum absolute atomic E-state index is 15.0. The van der Waals surface area contributed by atoms with Crippen LogP contribution >= 0.6 is 23.2 Å². The highest BCUT2D eigenvalue weighted by atomic mass is 35.5. The Bertz CT molecular complexity index is 1180. The van der Waals surface area contributed by atoms with Crippen LogP contribution in [0.4, 0.5) is 14.5 Å². The molecule has 0 bridgehead atoms. The Morgan fingerprint density at radius 1 is 1.26 bits per heavy atom. The van der Waals surface area contributed by atoms with Gasteiger partial charge < -0.3 is 20.9 Å². The number of nitrogens with zero attached hydrogens (tertiary/aromatic N) is 1. The summed E-state index contributed by atoms with van der Waals surface area (Å²) in [6.07, 6.45) is 3.65. The van der Waals surface area contributed by atoms with Gasteiger partial charge in [0.1, 0.15) is 11.6 Å². The lowest BCUT2D eigenvalue weighted by atomic mass is 9.60. The molecular formula is C28H36Cl2F2N4O2. The molecule has 1 aromatic rings. The maximum atomic E-state index is 15.0. The average molecular weight is 570 g/mol. The lowest BCUT2D eigenvalue weighted by Crippen LogP contribution is -2.53. The Hall–Kier alpha value is -2.00. The molecule has 208 valence electrons. The topological polar surface area (TPSA) is 73.5 Å². The van der Waals surface area contributed by atoms with Crippen LogP contribution < -0.4 is 16.0 Å². The van der Waals surface area contributed by atoms with Gasteiger partial charge in [-0.25, -0.2) is 8.78 Å². The summed E-state index contributed by atoms with van der Waals surface area (Å²) in [6, 6.07) is 1.45. The van der Waals surface area contributed by atoms with Gasteiger partial charge in [0.2, 0.25) is 11.8 Å². The average Bonchev–Trinajstić information content (AvgIpc) is 3.31. The first kappa shape index (κ1) is 29.0. The van der Waals surface area contributed by atoms with Crippen molar-refractivity contribution < 1.29 is 18.4 Å². The Morgan fingerprint density at radius 3 is 2.58 bits per heavy atom. The standard InChI is InChI=1S/C28H36Cl2F2N4O2/c1-6-36(10-9-33-5)25(37)24-23(15-7-8-19(31)17(29)11-15)28(22(35-24)14-27(2,3)4)16-12-20(32)18(30)13-21(16)34-26(28)38/h7-8,12-13,15,22-24,33,35H,6,9-11,14H2,1-5H3,(H,34,38)/t15?,22-,23+,24-,28+/m1/s1. The fourth-order valence-electron chi connectivity index (χ4n) is 6.39. The second kappa shape index (κ2) is 10.9. The van der Waals surface area contributed by atoms with Gasteiger partial charge in [-0.3, -0.25) is 9.59 Å². The number of carbonyl (C=O) groups is 2. The number of amides is 2. The summed E-state index contributed by atoms with van der Waals surface area (Å²) < 4.78 is 29.3. The largest absolute Gasteiger partial charge is 0.340 e. The van der Waals surface area contributed by atoms with Gasteiger partial charge in [-0.1, -0.05) is 50.0 Å². The van der Waals surface area contributed by atoms with Crippen LogP contribution in [0.5, 0.6) is 0 Å². The molecule has 3 N–H and O–H groups in total. The lowest BCUT2D eigenvalue weighted by Gasteiger charge is -2.41. The van der Waals surface area contributed by atoms with Crippen LogP contribution in [-0.2, 0) is 15.0 Å². The molecule has 0 aromatic heterocycles. The van der Waals surface area contributed by atoms with Crippen LogP contribution in [0.15, 0.2) is 35.1 Å². The van der Waals surface area contributed by atoms with Crippen molar-refractivity contribution in [1.82, 2.24) is 15.5 Å². The Morgan fingerprint density at radius 2 is 1.97 bits per heavy atom. The van der Waals surface area contributed by atoms with Gasteiger partial charge in [-0.2, -0.15) is 0 Å². The van der Waals surface area contributed by atoms with Gasteiger partial charge in [-0.15, -0.1) is 0 Å². The molecule has 1 unspecified atom stereocenters. The number of hydrogen-bond donors (Lipinski definition) is 3. The minimum absolute atomic E-state index is 0.0431. The van der Waals surface area contributed by atoms with E-state index in [4.69, 9.17) is 23.2 Å². The number of anilines is 1. The third-order valence-electron chi connectivity index (χ3n) is 7.98. The molecule has 1 spiro atoms. The summed E-state index contributed by atoms with van der Waals surface area (Å²) in [5.41, 5.74) is -0.653. The molecule has 0 radical (unpaired) electrons. The molecule has 10 heteroatoms. The molecule has 38 heavy (non-hydrogen) atoms. The Balaban J connectivity index is 1.94. The number of likely N-dealkylation sites (N-methyl/N-ethyl adjacent to an activating group) is 2. The first-order chi connectivity index (χ1) is 17.8. The molecule has 2 aliphatic heterocycles. The number of fused-ring (bicyclic) bond motifs is 2. The van der Waals surface area contributed by atoms with Crippen molar-refractivity contribution in [2.24, 2.45) is 17.3 Å². The predicted octanol–water partition coefficient (Wildman–Crippen LogP) is 5.13. The number of halogens is 4. The van der Waals surface area contributed by atoms with E-state index in [1.54, 1.807) is 11.0 Å². The number of carbonyl (C=O) groups excluding carboxylic acids is 2. The van der Waals surface area contributed by atoms with Crippen LogP contribution in [0.1, 0.15) is 46.1 Å². The molecule has 0 saturated carbocycles. The number of benzene rings is 1. The van der Waals surface area contributed by atoms with E-state index in [-0.39, 0.29) is 33.7 Å². The highest BCUT2D eigenvalue weighted by Gasteiger charge is 2.67. The van der Waals surface area contributed by atoms with Crippen molar-refractivity contribution in [3.05, 3.63) is 51.5 Å². The van der Waals surface area contributed by atoms with Gasteiger partial charge in [0.25, 0.3) is 0 Å². The summed E-state index contributed by atoms with van der Waals surface area (Å²) >= 11 is 12.4. The Labute approximate surface area is 233 Å².